The second-order valence-electron chi connectivity index (χ2n) is 6.77. The van der Waals surface area contributed by atoms with E-state index >= 15 is 0 Å². The molecule has 24 heavy (non-hydrogen) atoms. The lowest BCUT2D eigenvalue weighted by atomic mass is 9.79. The minimum absolute atomic E-state index is 0.121. The third kappa shape index (κ3) is 2.65. The van der Waals surface area contributed by atoms with Crippen LogP contribution in [0.1, 0.15) is 43.5 Å². The molecule has 0 radical (unpaired) electrons. The average Bonchev–Trinajstić information content (AvgIpc) is 2.97. The Morgan fingerprint density at radius 3 is 2.50 bits per heavy atom. The predicted octanol–water partition coefficient (Wildman–Crippen LogP) is 3.65. The molecule has 0 aliphatic carbocycles. The summed E-state index contributed by atoms with van der Waals surface area (Å²) in [5.41, 5.74) is 9.10. The van der Waals surface area contributed by atoms with Crippen LogP contribution in [0.2, 0.25) is 0 Å². The van der Waals surface area contributed by atoms with E-state index < -0.39 is 0 Å². The Kier molecular flexibility index (Phi) is 4.06. The number of nitrogens with zero attached hydrogens (tertiary/aromatic N) is 2. The first kappa shape index (κ1) is 16.5. The smallest absolute Gasteiger partial charge is 0.244 e. The number of benzene rings is 1. The van der Waals surface area contributed by atoms with Crippen LogP contribution in [0.3, 0.4) is 0 Å². The second kappa shape index (κ2) is 5.91. The van der Waals surface area contributed by atoms with Crippen molar-refractivity contribution in [3.63, 3.8) is 0 Å². The number of hydrogen-bond acceptors (Lipinski definition) is 5. The molecule has 0 unspecified atom stereocenters. The lowest BCUT2D eigenvalue weighted by molar-refractivity contribution is 0.378. The van der Waals surface area contributed by atoms with Gasteiger partial charge >= 0.3 is 0 Å². The third-order valence-electron chi connectivity index (χ3n) is 4.14. The number of nitrogens with two attached hydrogens (primary N) is 1. The first-order valence-corrected chi connectivity index (χ1v) is 8.89. The number of nitrogens with one attached hydrogen (secondary N) is 1. The molecule has 0 amide bonds. The fourth-order valence-electron chi connectivity index (χ4n) is 2.95. The number of H-pyrrole nitrogens is 1. The van der Waals surface area contributed by atoms with Crippen molar-refractivity contribution >= 4 is 11.8 Å². The van der Waals surface area contributed by atoms with Gasteiger partial charge in [-0.25, -0.2) is 0 Å². The third-order valence-corrected chi connectivity index (χ3v) is 4.88. The van der Waals surface area contributed by atoms with Crippen LogP contribution < -0.4 is 10.5 Å². The van der Waals surface area contributed by atoms with Gasteiger partial charge in [-0.15, -0.1) is 16.9 Å². The van der Waals surface area contributed by atoms with Crippen molar-refractivity contribution < 1.29 is 4.74 Å². The lowest BCUT2D eigenvalue weighted by Crippen LogP contribution is -2.23. The molecular weight excluding hydrogens is 320 g/mol. The summed E-state index contributed by atoms with van der Waals surface area (Å²) in [6, 6.07) is 10.4. The van der Waals surface area contributed by atoms with Crippen LogP contribution in [0, 0.1) is 11.3 Å². The van der Waals surface area contributed by atoms with Gasteiger partial charge < -0.3 is 10.5 Å². The number of aromatic amines is 1. The van der Waals surface area contributed by atoms with Gasteiger partial charge in [-0.3, -0.25) is 5.10 Å². The summed E-state index contributed by atoms with van der Waals surface area (Å²) in [6.45, 7) is 6.30. The van der Waals surface area contributed by atoms with E-state index in [0.29, 0.717) is 11.5 Å². The van der Waals surface area contributed by atoms with E-state index in [1.165, 1.54) is 4.90 Å². The molecule has 3 rings (SSSR count). The van der Waals surface area contributed by atoms with Gasteiger partial charge in [-0.05, 0) is 24.0 Å². The Morgan fingerprint density at radius 2 is 1.96 bits per heavy atom. The summed E-state index contributed by atoms with van der Waals surface area (Å²) >= 11 is 1.68. The summed E-state index contributed by atoms with van der Waals surface area (Å²) in [5.74, 6) is 0.300. The first-order chi connectivity index (χ1) is 11.4. The monoisotopic (exact) mass is 340 g/mol. The first-order valence-electron chi connectivity index (χ1n) is 7.67. The van der Waals surface area contributed by atoms with E-state index in [2.05, 4.69) is 49.2 Å². The van der Waals surface area contributed by atoms with Crippen LogP contribution >= 0.6 is 11.8 Å². The highest BCUT2D eigenvalue weighted by Gasteiger charge is 2.37. The number of rotatable bonds is 2. The van der Waals surface area contributed by atoms with Gasteiger partial charge in [-0.1, -0.05) is 32.9 Å². The van der Waals surface area contributed by atoms with Crippen molar-refractivity contribution in [3.05, 3.63) is 52.5 Å². The Labute approximate surface area is 145 Å². The number of nitriles is 1. The van der Waals surface area contributed by atoms with Gasteiger partial charge in [0.15, 0.2) is 0 Å². The zero-order chi connectivity index (χ0) is 17.5. The molecule has 2 heterocycles. The molecule has 0 spiro atoms. The van der Waals surface area contributed by atoms with E-state index in [9.17, 15) is 5.26 Å². The van der Waals surface area contributed by atoms with Gasteiger partial charge in [-0.2, -0.15) is 5.26 Å². The van der Waals surface area contributed by atoms with Crippen LogP contribution in [0.25, 0.3) is 0 Å². The molecule has 0 fully saturated rings. The molecule has 1 aromatic carbocycles. The highest BCUT2D eigenvalue weighted by Crippen LogP contribution is 2.45. The molecular formula is C18H20N4OS. The van der Waals surface area contributed by atoms with Gasteiger partial charge in [0.1, 0.15) is 11.6 Å². The van der Waals surface area contributed by atoms with E-state index in [1.807, 2.05) is 18.4 Å². The molecule has 0 saturated heterocycles. The molecule has 2 aromatic rings. The molecule has 0 bridgehead atoms. The van der Waals surface area contributed by atoms with Gasteiger partial charge in [0, 0.05) is 16.0 Å². The van der Waals surface area contributed by atoms with Gasteiger partial charge in [0.2, 0.25) is 11.8 Å². The van der Waals surface area contributed by atoms with E-state index in [1.54, 1.807) is 11.8 Å². The normalized spacial score (nSPS) is 17.2. The highest BCUT2D eigenvalue weighted by atomic mass is 32.2. The Balaban J connectivity index is 2.22. The van der Waals surface area contributed by atoms with E-state index in [-0.39, 0.29) is 17.2 Å². The van der Waals surface area contributed by atoms with Crippen LogP contribution in [0.5, 0.6) is 5.88 Å². The van der Waals surface area contributed by atoms with Crippen molar-refractivity contribution in [2.24, 2.45) is 5.73 Å². The summed E-state index contributed by atoms with van der Waals surface area (Å²) in [6.07, 6.45) is 2.04. The van der Waals surface area contributed by atoms with Gasteiger partial charge in [0.05, 0.1) is 11.5 Å². The maximum atomic E-state index is 9.65. The van der Waals surface area contributed by atoms with Crippen molar-refractivity contribution in [3.8, 4) is 11.9 Å². The SMILES string of the molecule is CSc1ccc([C@H]2C(C#N)=C(N)Oc3n[nH]c(C(C)(C)C)c32)cc1. The molecule has 0 saturated carbocycles. The molecule has 6 heteroatoms. The van der Waals surface area contributed by atoms with Crippen LogP contribution in [-0.4, -0.2) is 16.5 Å². The molecule has 1 aliphatic heterocycles. The molecule has 1 aromatic heterocycles. The second-order valence-corrected chi connectivity index (χ2v) is 7.65. The minimum Gasteiger partial charge on any atom is -0.420 e. The van der Waals surface area contributed by atoms with Crippen molar-refractivity contribution in [1.82, 2.24) is 10.2 Å². The fraction of sp³-hybridized carbons (Fsp3) is 0.333. The maximum Gasteiger partial charge on any atom is 0.244 e. The molecule has 1 atom stereocenters. The van der Waals surface area contributed by atoms with Crippen molar-refractivity contribution in [2.45, 2.75) is 37.0 Å². The number of hydrogen-bond donors (Lipinski definition) is 2. The van der Waals surface area contributed by atoms with E-state index in [4.69, 9.17) is 10.5 Å². The number of aromatic nitrogens is 2. The highest BCUT2D eigenvalue weighted by molar-refractivity contribution is 7.98. The topological polar surface area (TPSA) is 87.7 Å². The number of fused-ring (bicyclic) bond motifs is 1. The number of ether oxygens (including phenoxy) is 1. The summed E-state index contributed by atoms with van der Waals surface area (Å²) in [4.78, 5) is 1.17. The number of allylic oxidation sites excluding steroid dienone is 1. The minimum atomic E-state index is -0.275. The van der Waals surface area contributed by atoms with Gasteiger partial charge in [0.25, 0.3) is 0 Å². The Morgan fingerprint density at radius 1 is 1.29 bits per heavy atom. The summed E-state index contributed by atoms with van der Waals surface area (Å²) in [5, 5.41) is 17.0. The quantitative estimate of drug-likeness (QED) is 0.815. The largest absolute Gasteiger partial charge is 0.420 e. The Bertz CT molecular complexity index is 837. The average molecular weight is 340 g/mol. The fourth-order valence-corrected chi connectivity index (χ4v) is 3.35. The van der Waals surface area contributed by atoms with Crippen molar-refractivity contribution in [1.29, 1.82) is 5.26 Å². The zero-order valence-electron chi connectivity index (χ0n) is 14.2. The molecule has 1 aliphatic rings. The predicted molar refractivity (Wildman–Crippen MR) is 94.8 cm³/mol. The number of thioether (sulfide) groups is 1. The Hall–Kier alpha value is -2.39. The molecule has 5 nitrogen and oxygen atoms in total. The summed E-state index contributed by atoms with van der Waals surface area (Å²) in [7, 11) is 0. The van der Waals surface area contributed by atoms with Crippen LogP contribution in [0.4, 0.5) is 0 Å². The van der Waals surface area contributed by atoms with Crippen LogP contribution in [0.15, 0.2) is 40.6 Å². The van der Waals surface area contributed by atoms with Crippen molar-refractivity contribution in [2.75, 3.05) is 6.26 Å². The summed E-state index contributed by atoms with van der Waals surface area (Å²) < 4.78 is 5.60. The van der Waals surface area contributed by atoms with E-state index in [0.717, 1.165) is 16.8 Å². The molecule has 124 valence electrons. The molecule has 3 N–H and O–H groups in total. The standard InChI is InChI=1S/C18H20N4OS/c1-18(2,3)15-14-13(10-5-7-11(24-4)8-6-10)12(9-19)16(20)23-17(14)22-21-15/h5-8,13H,20H2,1-4H3,(H,21,22)/t13-/m0/s1. The zero-order valence-corrected chi connectivity index (χ0v) is 15.0. The van der Waals surface area contributed by atoms with Crippen LogP contribution in [-0.2, 0) is 5.41 Å². The maximum absolute atomic E-state index is 9.65. The lowest BCUT2D eigenvalue weighted by Gasteiger charge is -2.27.